The van der Waals surface area contributed by atoms with Gasteiger partial charge in [0, 0.05) is 12.4 Å². The molecule has 6 nitrogen and oxygen atoms in total. The number of hydrogen-bond donors (Lipinski definition) is 2. The Labute approximate surface area is 118 Å². The highest BCUT2D eigenvalue weighted by molar-refractivity contribution is 5.94. The Morgan fingerprint density at radius 1 is 1.50 bits per heavy atom. The Bertz CT molecular complexity index is 535. The topological polar surface area (TPSA) is 85.8 Å². The molecule has 1 atom stereocenters. The molecule has 3 N–H and O–H groups in total. The zero-order valence-electron chi connectivity index (χ0n) is 11.5. The minimum Gasteiger partial charge on any atom is -0.323 e. The molecule has 0 aliphatic rings. The molecule has 0 aromatic carbocycles. The number of pyridine rings is 1. The summed E-state index contributed by atoms with van der Waals surface area (Å²) in [5.41, 5.74) is 6.46. The quantitative estimate of drug-likeness (QED) is 0.839. The maximum absolute atomic E-state index is 11.9. The van der Waals surface area contributed by atoms with E-state index in [1.807, 2.05) is 6.07 Å². The summed E-state index contributed by atoms with van der Waals surface area (Å²) in [7, 11) is 0. The van der Waals surface area contributed by atoms with Gasteiger partial charge in [0.25, 0.3) is 0 Å². The van der Waals surface area contributed by atoms with Crippen LogP contribution in [0.5, 0.6) is 0 Å². The fourth-order valence-electron chi connectivity index (χ4n) is 1.80. The zero-order chi connectivity index (χ0) is 14.4. The van der Waals surface area contributed by atoms with Gasteiger partial charge in [-0.05, 0) is 18.6 Å². The summed E-state index contributed by atoms with van der Waals surface area (Å²) in [5.74, 6) is 0.575. The highest BCUT2D eigenvalue weighted by Gasteiger charge is 2.12. The molecule has 106 valence electrons. The van der Waals surface area contributed by atoms with Gasteiger partial charge in [0.15, 0.2) is 0 Å². The lowest BCUT2D eigenvalue weighted by molar-refractivity contribution is -0.117. The van der Waals surface area contributed by atoms with Crippen molar-refractivity contribution in [2.45, 2.75) is 32.2 Å². The monoisotopic (exact) mass is 273 g/mol. The minimum atomic E-state index is -0.469. The third kappa shape index (κ3) is 3.64. The molecule has 0 saturated carbocycles. The van der Waals surface area contributed by atoms with Crippen LogP contribution in [-0.4, -0.2) is 26.5 Å². The van der Waals surface area contributed by atoms with E-state index in [-0.39, 0.29) is 5.91 Å². The van der Waals surface area contributed by atoms with Crippen molar-refractivity contribution in [2.24, 2.45) is 5.73 Å². The largest absolute Gasteiger partial charge is 0.323 e. The molecule has 2 aromatic rings. The van der Waals surface area contributed by atoms with Gasteiger partial charge in [-0.1, -0.05) is 19.8 Å². The molecule has 1 unspecified atom stereocenters. The molecule has 0 aliphatic heterocycles. The van der Waals surface area contributed by atoms with Crippen LogP contribution in [0.3, 0.4) is 0 Å². The van der Waals surface area contributed by atoms with Gasteiger partial charge in [-0.3, -0.25) is 9.36 Å². The molecule has 0 saturated heterocycles. The predicted molar refractivity (Wildman–Crippen MR) is 77.5 cm³/mol. The molecular formula is C14H19N5O. The normalized spacial score (nSPS) is 12.1. The highest BCUT2D eigenvalue weighted by Crippen LogP contribution is 2.10. The molecule has 2 heterocycles. The lowest BCUT2D eigenvalue weighted by atomic mass is 10.1. The van der Waals surface area contributed by atoms with Crippen LogP contribution >= 0.6 is 0 Å². The van der Waals surface area contributed by atoms with Gasteiger partial charge in [-0.25, -0.2) is 9.97 Å². The number of nitrogens with zero attached hydrogens (tertiary/aromatic N) is 3. The van der Waals surface area contributed by atoms with Crippen LogP contribution in [0.1, 0.15) is 26.2 Å². The molecule has 0 bridgehead atoms. The van der Waals surface area contributed by atoms with Crippen molar-refractivity contribution in [1.82, 2.24) is 14.5 Å². The first kappa shape index (κ1) is 14.2. The first-order chi connectivity index (χ1) is 9.70. The van der Waals surface area contributed by atoms with Crippen molar-refractivity contribution in [3.63, 3.8) is 0 Å². The summed E-state index contributed by atoms with van der Waals surface area (Å²) < 4.78 is 1.79. The third-order valence-electron chi connectivity index (χ3n) is 2.99. The lowest BCUT2D eigenvalue weighted by Gasteiger charge is -2.11. The van der Waals surface area contributed by atoms with E-state index in [4.69, 9.17) is 5.73 Å². The van der Waals surface area contributed by atoms with E-state index >= 15 is 0 Å². The molecule has 0 spiro atoms. The van der Waals surface area contributed by atoms with Crippen molar-refractivity contribution in [3.8, 4) is 5.82 Å². The second kappa shape index (κ2) is 6.81. The number of rotatable bonds is 6. The first-order valence-electron chi connectivity index (χ1n) is 6.71. The summed E-state index contributed by atoms with van der Waals surface area (Å²) in [6.45, 7) is 2.07. The molecule has 6 heteroatoms. The van der Waals surface area contributed by atoms with E-state index in [9.17, 15) is 4.79 Å². The van der Waals surface area contributed by atoms with Crippen LogP contribution in [0, 0.1) is 0 Å². The molecule has 1 amide bonds. The van der Waals surface area contributed by atoms with Gasteiger partial charge in [0.1, 0.15) is 12.1 Å². The molecular weight excluding hydrogens is 254 g/mol. The number of aromatic nitrogens is 3. The number of nitrogens with one attached hydrogen (secondary N) is 1. The number of unbranched alkanes of at least 4 members (excludes halogenated alkanes) is 1. The number of carbonyl (C=O) groups is 1. The van der Waals surface area contributed by atoms with Crippen LogP contribution in [-0.2, 0) is 4.79 Å². The number of imidazole rings is 1. The van der Waals surface area contributed by atoms with Crippen LogP contribution in [0.25, 0.3) is 5.82 Å². The molecule has 2 aromatic heterocycles. The van der Waals surface area contributed by atoms with Gasteiger partial charge in [-0.15, -0.1) is 0 Å². The predicted octanol–water partition coefficient (Wildman–Crippen LogP) is 1.72. The summed E-state index contributed by atoms with van der Waals surface area (Å²) in [6, 6.07) is 3.14. The molecule has 20 heavy (non-hydrogen) atoms. The first-order valence-corrected chi connectivity index (χ1v) is 6.71. The summed E-state index contributed by atoms with van der Waals surface area (Å²) >= 11 is 0. The Morgan fingerprint density at radius 3 is 2.95 bits per heavy atom. The number of carbonyl (C=O) groups excluding carboxylic acids is 1. The summed E-state index contributed by atoms with van der Waals surface area (Å²) in [5, 5.41) is 2.77. The van der Waals surface area contributed by atoms with Crippen molar-refractivity contribution in [2.75, 3.05) is 5.32 Å². The summed E-state index contributed by atoms with van der Waals surface area (Å²) in [4.78, 5) is 20.1. The average molecular weight is 273 g/mol. The average Bonchev–Trinajstić information content (AvgIpc) is 2.99. The second-order valence-corrected chi connectivity index (χ2v) is 4.61. The van der Waals surface area contributed by atoms with Crippen molar-refractivity contribution in [3.05, 3.63) is 37.1 Å². The number of amides is 1. The molecule has 0 radical (unpaired) electrons. The maximum Gasteiger partial charge on any atom is 0.241 e. The van der Waals surface area contributed by atoms with E-state index < -0.39 is 6.04 Å². The van der Waals surface area contributed by atoms with Gasteiger partial charge in [-0.2, -0.15) is 0 Å². The standard InChI is InChI=1S/C14H19N5O/c1-2-3-4-12(15)14(20)18-11-5-6-13(17-9-11)19-8-7-16-10-19/h5-10,12H,2-4,15H2,1H3,(H,18,20). The fraction of sp³-hybridized carbons (Fsp3) is 0.357. The van der Waals surface area contributed by atoms with Crippen LogP contribution in [0.15, 0.2) is 37.1 Å². The van der Waals surface area contributed by atoms with Crippen molar-refractivity contribution < 1.29 is 4.79 Å². The van der Waals surface area contributed by atoms with Crippen LogP contribution < -0.4 is 11.1 Å². The van der Waals surface area contributed by atoms with E-state index in [0.717, 1.165) is 18.7 Å². The minimum absolute atomic E-state index is 0.171. The lowest BCUT2D eigenvalue weighted by Crippen LogP contribution is -2.35. The Morgan fingerprint density at radius 2 is 2.35 bits per heavy atom. The Kier molecular flexibility index (Phi) is 4.84. The van der Waals surface area contributed by atoms with E-state index in [0.29, 0.717) is 12.1 Å². The van der Waals surface area contributed by atoms with Gasteiger partial charge in [0.05, 0.1) is 17.9 Å². The summed E-state index contributed by atoms with van der Waals surface area (Å²) in [6.07, 6.45) is 9.45. The van der Waals surface area contributed by atoms with Gasteiger partial charge < -0.3 is 11.1 Å². The van der Waals surface area contributed by atoms with Gasteiger partial charge in [0.2, 0.25) is 5.91 Å². The Hall–Kier alpha value is -2.21. The van der Waals surface area contributed by atoms with E-state index in [1.54, 1.807) is 35.6 Å². The molecule has 0 fully saturated rings. The number of anilines is 1. The van der Waals surface area contributed by atoms with Crippen molar-refractivity contribution in [1.29, 1.82) is 0 Å². The van der Waals surface area contributed by atoms with Crippen molar-refractivity contribution >= 4 is 11.6 Å². The highest BCUT2D eigenvalue weighted by atomic mass is 16.2. The van der Waals surface area contributed by atoms with Crippen LogP contribution in [0.4, 0.5) is 5.69 Å². The second-order valence-electron chi connectivity index (χ2n) is 4.61. The molecule has 0 aliphatic carbocycles. The van der Waals surface area contributed by atoms with Gasteiger partial charge >= 0.3 is 0 Å². The van der Waals surface area contributed by atoms with E-state index in [1.165, 1.54) is 0 Å². The zero-order valence-corrected chi connectivity index (χ0v) is 11.5. The molecule has 2 rings (SSSR count). The number of nitrogens with two attached hydrogens (primary N) is 1. The fourth-order valence-corrected chi connectivity index (χ4v) is 1.80. The third-order valence-corrected chi connectivity index (χ3v) is 2.99. The maximum atomic E-state index is 11.9. The van der Waals surface area contributed by atoms with E-state index in [2.05, 4.69) is 22.2 Å². The number of hydrogen-bond acceptors (Lipinski definition) is 4. The SMILES string of the molecule is CCCCC(N)C(=O)Nc1ccc(-n2ccnc2)nc1. The van der Waals surface area contributed by atoms with Crippen LogP contribution in [0.2, 0.25) is 0 Å². The Balaban J connectivity index is 1.95. The smallest absolute Gasteiger partial charge is 0.241 e.